The van der Waals surface area contributed by atoms with Crippen LogP contribution in [0.15, 0.2) is 48.8 Å². The standard InChI is InChI=1S/C15H18BN3O3/c17-14(9-11-1-3-13(4-2-11)16(21)22)15(20)19-10-12-5-7-18-8-6-12/h1-8,14,21-22H,9-10,17H2,(H,19,20)/t14-/m0/s1. The van der Waals surface area contributed by atoms with Crippen molar-refractivity contribution in [3.05, 3.63) is 59.9 Å². The second kappa shape index (κ2) is 7.70. The van der Waals surface area contributed by atoms with Gasteiger partial charge in [-0.15, -0.1) is 0 Å². The summed E-state index contributed by atoms with van der Waals surface area (Å²) in [7, 11) is -1.49. The number of hydrogen-bond donors (Lipinski definition) is 4. The number of pyridine rings is 1. The lowest BCUT2D eigenvalue weighted by Crippen LogP contribution is -2.41. The van der Waals surface area contributed by atoms with Gasteiger partial charge in [-0.05, 0) is 35.1 Å². The summed E-state index contributed by atoms with van der Waals surface area (Å²) in [6.45, 7) is 0.407. The minimum absolute atomic E-state index is 0.233. The molecular weight excluding hydrogens is 281 g/mol. The number of aromatic nitrogens is 1. The maximum absolute atomic E-state index is 12.0. The Bertz CT molecular complexity index is 605. The summed E-state index contributed by atoms with van der Waals surface area (Å²) in [6.07, 6.45) is 3.71. The number of nitrogens with one attached hydrogen (secondary N) is 1. The number of amides is 1. The van der Waals surface area contributed by atoms with Gasteiger partial charge < -0.3 is 21.1 Å². The average molecular weight is 299 g/mol. The molecule has 1 aromatic carbocycles. The lowest BCUT2D eigenvalue weighted by atomic mass is 9.80. The van der Waals surface area contributed by atoms with Gasteiger partial charge in [0.05, 0.1) is 6.04 Å². The molecule has 5 N–H and O–H groups in total. The van der Waals surface area contributed by atoms with Crippen LogP contribution in [0.4, 0.5) is 0 Å². The van der Waals surface area contributed by atoms with Crippen LogP contribution in [0.2, 0.25) is 0 Å². The van der Waals surface area contributed by atoms with Crippen LogP contribution in [0, 0.1) is 0 Å². The van der Waals surface area contributed by atoms with Crippen LogP contribution >= 0.6 is 0 Å². The summed E-state index contributed by atoms with van der Waals surface area (Å²) < 4.78 is 0. The third-order valence-corrected chi connectivity index (χ3v) is 3.29. The van der Waals surface area contributed by atoms with E-state index in [1.807, 2.05) is 12.1 Å². The molecule has 0 spiro atoms. The smallest absolute Gasteiger partial charge is 0.423 e. The van der Waals surface area contributed by atoms with Crippen LogP contribution in [-0.4, -0.2) is 34.1 Å². The Morgan fingerprint density at radius 2 is 1.77 bits per heavy atom. The van der Waals surface area contributed by atoms with Crippen LogP contribution in [0.5, 0.6) is 0 Å². The molecule has 1 atom stereocenters. The molecule has 114 valence electrons. The highest BCUT2D eigenvalue weighted by atomic mass is 16.4. The second-order valence-corrected chi connectivity index (χ2v) is 5.00. The minimum atomic E-state index is -1.49. The maximum Gasteiger partial charge on any atom is 0.488 e. The maximum atomic E-state index is 12.0. The van der Waals surface area contributed by atoms with Gasteiger partial charge in [0, 0.05) is 18.9 Å². The number of carbonyl (C=O) groups is 1. The molecule has 0 saturated carbocycles. The molecule has 22 heavy (non-hydrogen) atoms. The van der Waals surface area contributed by atoms with Crippen LogP contribution in [0.3, 0.4) is 0 Å². The highest BCUT2D eigenvalue weighted by Crippen LogP contribution is 2.02. The average Bonchev–Trinajstić information content (AvgIpc) is 2.54. The van der Waals surface area contributed by atoms with Crippen LogP contribution in [0.1, 0.15) is 11.1 Å². The van der Waals surface area contributed by atoms with Crippen molar-refractivity contribution in [3.63, 3.8) is 0 Å². The first kappa shape index (κ1) is 16.2. The van der Waals surface area contributed by atoms with Gasteiger partial charge in [-0.3, -0.25) is 9.78 Å². The highest BCUT2D eigenvalue weighted by molar-refractivity contribution is 6.58. The Balaban J connectivity index is 1.85. The summed E-state index contributed by atoms with van der Waals surface area (Å²) in [4.78, 5) is 15.9. The Morgan fingerprint density at radius 1 is 1.14 bits per heavy atom. The van der Waals surface area contributed by atoms with E-state index in [0.29, 0.717) is 18.4 Å². The first-order chi connectivity index (χ1) is 10.6. The van der Waals surface area contributed by atoms with E-state index in [4.69, 9.17) is 15.8 Å². The molecule has 6 nitrogen and oxygen atoms in total. The molecular formula is C15H18BN3O3. The van der Waals surface area contributed by atoms with E-state index < -0.39 is 13.2 Å². The monoisotopic (exact) mass is 299 g/mol. The first-order valence-corrected chi connectivity index (χ1v) is 6.93. The predicted octanol–water partition coefficient (Wildman–Crippen LogP) is -1.05. The summed E-state index contributed by atoms with van der Waals surface area (Å²) in [5.74, 6) is -0.233. The Kier molecular flexibility index (Phi) is 5.65. The molecule has 1 amide bonds. The van der Waals surface area contributed by atoms with Crippen molar-refractivity contribution >= 4 is 18.5 Å². The van der Waals surface area contributed by atoms with E-state index in [-0.39, 0.29) is 5.91 Å². The molecule has 0 unspecified atom stereocenters. The zero-order chi connectivity index (χ0) is 15.9. The van der Waals surface area contributed by atoms with Gasteiger partial charge in [0.2, 0.25) is 5.91 Å². The topological polar surface area (TPSA) is 108 Å². The molecule has 2 aromatic rings. The summed E-state index contributed by atoms with van der Waals surface area (Å²) in [6, 6.07) is 9.64. The SMILES string of the molecule is N[C@@H](Cc1ccc(B(O)O)cc1)C(=O)NCc1ccncc1. The molecule has 7 heteroatoms. The Labute approximate surface area is 129 Å². The molecule has 0 saturated heterocycles. The summed E-state index contributed by atoms with van der Waals surface area (Å²) >= 11 is 0. The number of nitrogens with zero attached hydrogens (tertiary/aromatic N) is 1. The van der Waals surface area contributed by atoms with Crippen molar-refractivity contribution in [2.45, 2.75) is 19.0 Å². The zero-order valence-corrected chi connectivity index (χ0v) is 12.0. The summed E-state index contributed by atoms with van der Waals surface area (Å²) in [5.41, 5.74) is 8.10. The van der Waals surface area contributed by atoms with Gasteiger partial charge in [0.1, 0.15) is 0 Å². The molecule has 0 aliphatic carbocycles. The highest BCUT2D eigenvalue weighted by Gasteiger charge is 2.15. The largest absolute Gasteiger partial charge is 0.488 e. The van der Waals surface area contributed by atoms with Gasteiger partial charge in [0.15, 0.2) is 0 Å². The van der Waals surface area contributed by atoms with Gasteiger partial charge in [0.25, 0.3) is 0 Å². The Morgan fingerprint density at radius 3 is 2.36 bits per heavy atom. The van der Waals surface area contributed by atoms with E-state index in [9.17, 15) is 4.79 Å². The van der Waals surface area contributed by atoms with E-state index in [2.05, 4.69) is 10.3 Å². The second-order valence-electron chi connectivity index (χ2n) is 5.00. The van der Waals surface area contributed by atoms with Gasteiger partial charge >= 0.3 is 7.12 Å². The predicted molar refractivity (Wildman–Crippen MR) is 84.0 cm³/mol. The number of hydrogen-bond acceptors (Lipinski definition) is 5. The fourth-order valence-electron chi connectivity index (χ4n) is 1.99. The summed E-state index contributed by atoms with van der Waals surface area (Å²) in [5, 5.41) is 20.8. The lowest BCUT2D eigenvalue weighted by molar-refractivity contribution is -0.122. The molecule has 0 aliphatic heterocycles. The molecule has 0 radical (unpaired) electrons. The van der Waals surface area contributed by atoms with E-state index in [1.54, 1.807) is 36.7 Å². The Hall–Kier alpha value is -2.22. The molecule has 0 bridgehead atoms. The van der Waals surface area contributed by atoms with Crippen molar-refractivity contribution < 1.29 is 14.8 Å². The third kappa shape index (κ3) is 4.66. The van der Waals surface area contributed by atoms with Gasteiger partial charge in [-0.1, -0.05) is 24.3 Å². The molecule has 0 aliphatic rings. The van der Waals surface area contributed by atoms with E-state index in [0.717, 1.165) is 11.1 Å². The minimum Gasteiger partial charge on any atom is -0.423 e. The van der Waals surface area contributed by atoms with Crippen molar-refractivity contribution in [3.8, 4) is 0 Å². The van der Waals surface area contributed by atoms with Crippen LogP contribution in [0.25, 0.3) is 0 Å². The van der Waals surface area contributed by atoms with Gasteiger partial charge in [-0.2, -0.15) is 0 Å². The van der Waals surface area contributed by atoms with Crippen molar-refractivity contribution in [1.29, 1.82) is 0 Å². The fourth-order valence-corrected chi connectivity index (χ4v) is 1.99. The number of carbonyl (C=O) groups excluding carboxylic acids is 1. The normalized spacial score (nSPS) is 11.8. The lowest BCUT2D eigenvalue weighted by Gasteiger charge is -2.12. The van der Waals surface area contributed by atoms with Crippen molar-refractivity contribution in [2.24, 2.45) is 5.73 Å². The zero-order valence-electron chi connectivity index (χ0n) is 12.0. The molecule has 2 rings (SSSR count). The number of nitrogens with two attached hydrogens (primary N) is 1. The van der Waals surface area contributed by atoms with Crippen molar-refractivity contribution in [1.82, 2.24) is 10.3 Å². The van der Waals surface area contributed by atoms with Crippen LogP contribution in [-0.2, 0) is 17.8 Å². The molecule has 1 aromatic heterocycles. The number of benzene rings is 1. The van der Waals surface area contributed by atoms with Crippen molar-refractivity contribution in [2.75, 3.05) is 0 Å². The fraction of sp³-hybridized carbons (Fsp3) is 0.200. The molecule has 0 fully saturated rings. The van der Waals surface area contributed by atoms with E-state index in [1.165, 1.54) is 0 Å². The first-order valence-electron chi connectivity index (χ1n) is 6.93. The van der Waals surface area contributed by atoms with Gasteiger partial charge in [-0.25, -0.2) is 0 Å². The third-order valence-electron chi connectivity index (χ3n) is 3.29. The number of rotatable bonds is 6. The molecule has 1 heterocycles. The van der Waals surface area contributed by atoms with E-state index >= 15 is 0 Å². The van der Waals surface area contributed by atoms with Crippen LogP contribution < -0.4 is 16.5 Å². The quantitative estimate of drug-likeness (QED) is 0.509.